The van der Waals surface area contributed by atoms with Crippen LogP contribution in [0.1, 0.15) is 27.3 Å². The summed E-state index contributed by atoms with van der Waals surface area (Å²) in [6, 6.07) is 17.5. The first-order valence-corrected chi connectivity index (χ1v) is 9.35. The number of H-pyrrole nitrogens is 1. The Morgan fingerprint density at radius 3 is 2.60 bits per heavy atom. The van der Waals surface area contributed by atoms with Gasteiger partial charge in [-0.3, -0.25) is 9.59 Å². The lowest BCUT2D eigenvalue weighted by molar-refractivity contribution is 0.0469. The number of Topliss-reactive ketones (excluding diaryl/α,β-unsaturated/α-hetero) is 1. The molecule has 7 nitrogen and oxygen atoms in total. The standard InChI is InChI=1S/C23H17N3O4/c24-10-5-11-26-13-17(15-6-2-4-9-20(15)26)22(28)14-30-23(29)19-12-21(27)16-7-1-3-8-18(16)25-19/h1-4,6-9,12-13H,5,11,14H2,(H,25,27). The molecule has 4 rings (SSSR count). The number of nitrogens with one attached hydrogen (secondary N) is 1. The Labute approximate surface area is 171 Å². The molecule has 148 valence electrons. The van der Waals surface area contributed by atoms with Crippen LogP contribution in [0, 0.1) is 11.3 Å². The lowest BCUT2D eigenvalue weighted by Crippen LogP contribution is -2.17. The normalized spacial score (nSPS) is 10.8. The number of pyridine rings is 1. The van der Waals surface area contributed by atoms with Crippen molar-refractivity contribution in [2.24, 2.45) is 0 Å². The van der Waals surface area contributed by atoms with Crippen LogP contribution < -0.4 is 5.43 Å². The quantitative estimate of drug-likeness (QED) is 0.395. The minimum atomic E-state index is -0.778. The number of aryl methyl sites for hydroxylation is 1. The van der Waals surface area contributed by atoms with Gasteiger partial charge in [0.2, 0.25) is 5.78 Å². The second-order valence-electron chi connectivity index (χ2n) is 6.75. The minimum Gasteiger partial charge on any atom is -0.453 e. The molecule has 0 fully saturated rings. The Bertz CT molecular complexity index is 1370. The van der Waals surface area contributed by atoms with Crippen LogP contribution in [0.5, 0.6) is 0 Å². The van der Waals surface area contributed by atoms with E-state index in [1.54, 1.807) is 30.5 Å². The summed E-state index contributed by atoms with van der Waals surface area (Å²) in [5, 5.41) is 10.0. The molecule has 0 saturated carbocycles. The number of carbonyl (C=O) groups excluding carboxylic acids is 2. The smallest absolute Gasteiger partial charge is 0.355 e. The molecule has 0 saturated heterocycles. The lowest BCUT2D eigenvalue weighted by Gasteiger charge is -2.05. The first-order valence-electron chi connectivity index (χ1n) is 9.35. The van der Waals surface area contributed by atoms with Gasteiger partial charge in [-0.2, -0.15) is 5.26 Å². The van der Waals surface area contributed by atoms with Crippen molar-refractivity contribution < 1.29 is 14.3 Å². The summed E-state index contributed by atoms with van der Waals surface area (Å²) in [6.45, 7) is 0.00234. The first kappa shape index (κ1) is 19.2. The summed E-state index contributed by atoms with van der Waals surface area (Å²) in [5.41, 5.74) is 1.46. The van der Waals surface area contributed by atoms with Crippen LogP contribution in [0.2, 0.25) is 0 Å². The highest BCUT2D eigenvalue weighted by Crippen LogP contribution is 2.22. The largest absolute Gasteiger partial charge is 0.453 e. The van der Waals surface area contributed by atoms with Gasteiger partial charge in [0.15, 0.2) is 12.0 Å². The molecule has 1 N–H and O–H groups in total. The zero-order valence-corrected chi connectivity index (χ0v) is 15.9. The second kappa shape index (κ2) is 8.05. The van der Waals surface area contributed by atoms with Gasteiger partial charge in [-0.1, -0.05) is 30.3 Å². The molecular formula is C23H17N3O4. The number of nitriles is 1. The number of para-hydroxylation sites is 2. The summed E-state index contributed by atoms with van der Waals surface area (Å²) in [5.74, 6) is -1.14. The molecule has 0 amide bonds. The fourth-order valence-electron chi connectivity index (χ4n) is 3.42. The maximum atomic E-state index is 12.7. The van der Waals surface area contributed by atoms with E-state index in [9.17, 15) is 14.4 Å². The molecule has 0 aliphatic heterocycles. The van der Waals surface area contributed by atoms with Crippen molar-refractivity contribution in [2.45, 2.75) is 13.0 Å². The SMILES string of the molecule is N#CCCn1cc(C(=O)COC(=O)c2cc(=O)c3ccccc3[nH]2)c2ccccc21. The van der Waals surface area contributed by atoms with E-state index in [1.807, 2.05) is 28.8 Å². The van der Waals surface area contributed by atoms with Crippen molar-refractivity contribution in [1.82, 2.24) is 9.55 Å². The Morgan fingerprint density at radius 2 is 1.80 bits per heavy atom. The predicted molar refractivity (Wildman–Crippen MR) is 111 cm³/mol. The van der Waals surface area contributed by atoms with E-state index in [-0.39, 0.29) is 16.9 Å². The highest BCUT2D eigenvalue weighted by Gasteiger charge is 2.18. The number of ether oxygens (including phenoxy) is 1. The van der Waals surface area contributed by atoms with Gasteiger partial charge in [-0.25, -0.2) is 4.79 Å². The van der Waals surface area contributed by atoms with Gasteiger partial charge in [0.05, 0.1) is 12.5 Å². The zero-order chi connectivity index (χ0) is 21.1. The topological polar surface area (TPSA) is 105 Å². The van der Waals surface area contributed by atoms with Crippen molar-refractivity contribution in [3.63, 3.8) is 0 Å². The number of esters is 1. The molecule has 2 aromatic heterocycles. The van der Waals surface area contributed by atoms with Gasteiger partial charge < -0.3 is 14.3 Å². The second-order valence-corrected chi connectivity index (χ2v) is 6.75. The predicted octanol–water partition coefficient (Wildman–Crippen LogP) is 3.44. The van der Waals surface area contributed by atoms with Crippen LogP contribution in [0.4, 0.5) is 0 Å². The number of carbonyl (C=O) groups is 2. The van der Waals surface area contributed by atoms with Gasteiger partial charge >= 0.3 is 5.97 Å². The third-order valence-corrected chi connectivity index (χ3v) is 4.85. The molecule has 30 heavy (non-hydrogen) atoms. The van der Waals surface area contributed by atoms with Crippen molar-refractivity contribution in [3.8, 4) is 6.07 Å². The van der Waals surface area contributed by atoms with Crippen LogP contribution in [0.15, 0.2) is 65.6 Å². The maximum absolute atomic E-state index is 12.7. The number of aromatic amines is 1. The number of rotatable bonds is 6. The number of hydrogen-bond donors (Lipinski definition) is 1. The molecule has 7 heteroatoms. The summed E-state index contributed by atoms with van der Waals surface area (Å²) >= 11 is 0. The van der Waals surface area contributed by atoms with Crippen LogP contribution in [0.3, 0.4) is 0 Å². The summed E-state index contributed by atoms with van der Waals surface area (Å²) in [7, 11) is 0. The molecule has 0 atom stereocenters. The Kier molecular flexibility index (Phi) is 5.14. The van der Waals surface area contributed by atoms with Gasteiger partial charge in [-0.15, -0.1) is 0 Å². The van der Waals surface area contributed by atoms with E-state index >= 15 is 0 Å². The van der Waals surface area contributed by atoms with Crippen LogP contribution >= 0.6 is 0 Å². The summed E-state index contributed by atoms with van der Waals surface area (Å²) in [6.07, 6.45) is 1.99. The van der Waals surface area contributed by atoms with Crippen molar-refractivity contribution in [1.29, 1.82) is 5.26 Å². The van der Waals surface area contributed by atoms with E-state index in [0.29, 0.717) is 29.4 Å². The van der Waals surface area contributed by atoms with Crippen molar-refractivity contribution >= 4 is 33.6 Å². The minimum absolute atomic E-state index is 0.0112. The van der Waals surface area contributed by atoms with E-state index in [4.69, 9.17) is 10.00 Å². The molecule has 0 unspecified atom stereocenters. The van der Waals surface area contributed by atoms with E-state index in [0.717, 1.165) is 10.9 Å². The van der Waals surface area contributed by atoms with E-state index < -0.39 is 12.6 Å². The van der Waals surface area contributed by atoms with Crippen LogP contribution in [-0.4, -0.2) is 27.9 Å². The number of hydrogen-bond acceptors (Lipinski definition) is 5. The Hall–Kier alpha value is -4.18. The molecule has 0 bridgehead atoms. The fourth-order valence-corrected chi connectivity index (χ4v) is 3.42. The number of benzene rings is 2. The monoisotopic (exact) mass is 399 g/mol. The number of fused-ring (bicyclic) bond motifs is 2. The van der Waals surface area contributed by atoms with Crippen LogP contribution in [-0.2, 0) is 11.3 Å². The average molecular weight is 399 g/mol. The first-order chi connectivity index (χ1) is 14.6. The molecule has 0 aliphatic carbocycles. The third kappa shape index (κ3) is 3.59. The van der Waals surface area contributed by atoms with E-state index in [1.165, 1.54) is 6.07 Å². The molecular weight excluding hydrogens is 382 g/mol. The molecule has 0 aliphatic rings. The van der Waals surface area contributed by atoms with Gasteiger partial charge in [0, 0.05) is 46.2 Å². The molecule has 0 spiro atoms. The van der Waals surface area contributed by atoms with Crippen molar-refractivity contribution in [3.05, 3.63) is 82.3 Å². The Morgan fingerprint density at radius 1 is 1.07 bits per heavy atom. The lowest BCUT2D eigenvalue weighted by atomic mass is 10.1. The summed E-state index contributed by atoms with van der Waals surface area (Å²) < 4.78 is 7.01. The van der Waals surface area contributed by atoms with Gasteiger partial charge in [0.1, 0.15) is 5.69 Å². The molecule has 0 radical (unpaired) electrons. The van der Waals surface area contributed by atoms with E-state index in [2.05, 4.69) is 11.1 Å². The van der Waals surface area contributed by atoms with Crippen LogP contribution in [0.25, 0.3) is 21.8 Å². The zero-order valence-electron chi connectivity index (χ0n) is 15.9. The Balaban J connectivity index is 1.55. The highest BCUT2D eigenvalue weighted by atomic mass is 16.5. The molecule has 4 aromatic rings. The highest BCUT2D eigenvalue weighted by molar-refractivity contribution is 6.09. The summed E-state index contributed by atoms with van der Waals surface area (Å²) in [4.78, 5) is 40.2. The van der Waals surface area contributed by atoms with Gasteiger partial charge in [0.25, 0.3) is 0 Å². The molecule has 2 aromatic carbocycles. The van der Waals surface area contributed by atoms with Crippen molar-refractivity contribution in [2.75, 3.05) is 6.61 Å². The fraction of sp³-hybridized carbons (Fsp3) is 0.130. The number of ketones is 1. The number of aromatic nitrogens is 2. The third-order valence-electron chi connectivity index (χ3n) is 4.85. The average Bonchev–Trinajstić information content (AvgIpc) is 3.14. The molecule has 2 heterocycles. The maximum Gasteiger partial charge on any atom is 0.355 e. The van der Waals surface area contributed by atoms with Gasteiger partial charge in [-0.05, 0) is 18.2 Å². The number of nitrogens with zero attached hydrogens (tertiary/aromatic N) is 2.